The predicted molar refractivity (Wildman–Crippen MR) is 86.7 cm³/mol. The maximum Gasteiger partial charge on any atom is 0.122 e. The van der Waals surface area contributed by atoms with Crippen molar-refractivity contribution in [1.29, 1.82) is 0 Å². The molecule has 1 heterocycles. The molecule has 1 aromatic heterocycles. The van der Waals surface area contributed by atoms with Crippen LogP contribution in [0.25, 0.3) is 0 Å². The zero-order valence-corrected chi connectivity index (χ0v) is 13.1. The fourth-order valence-electron chi connectivity index (χ4n) is 2.44. The number of benzene rings is 1. The van der Waals surface area contributed by atoms with Gasteiger partial charge >= 0.3 is 0 Å². The highest BCUT2D eigenvalue weighted by Gasteiger charge is 2.15. The summed E-state index contributed by atoms with van der Waals surface area (Å²) < 4.78 is 5.46. The number of nitrogens with zero attached hydrogens (tertiary/aromatic N) is 1. The normalized spacial score (nSPS) is 12.1. The first-order valence-electron chi connectivity index (χ1n) is 7.52. The van der Waals surface area contributed by atoms with Crippen LogP contribution in [-0.4, -0.2) is 18.6 Å². The van der Waals surface area contributed by atoms with Crippen molar-refractivity contribution < 1.29 is 4.74 Å². The van der Waals surface area contributed by atoms with Crippen molar-refractivity contribution in [2.24, 2.45) is 0 Å². The molecule has 2 rings (SSSR count). The molecule has 0 bridgehead atoms. The Kier molecular flexibility index (Phi) is 5.76. The van der Waals surface area contributed by atoms with Crippen molar-refractivity contribution in [1.82, 2.24) is 10.3 Å². The van der Waals surface area contributed by atoms with Crippen LogP contribution in [0.15, 0.2) is 42.6 Å². The number of nitrogens with one attached hydrogen (secondary N) is 1. The molecule has 0 aliphatic rings. The van der Waals surface area contributed by atoms with Gasteiger partial charge in [0.15, 0.2) is 0 Å². The van der Waals surface area contributed by atoms with E-state index in [0.717, 1.165) is 30.8 Å². The molecule has 0 spiro atoms. The van der Waals surface area contributed by atoms with Crippen LogP contribution in [-0.2, 0) is 6.42 Å². The largest absolute Gasteiger partial charge is 0.496 e. The Morgan fingerprint density at radius 3 is 2.76 bits per heavy atom. The third kappa shape index (κ3) is 4.30. The Balaban J connectivity index is 2.24. The van der Waals surface area contributed by atoms with E-state index in [1.165, 1.54) is 11.1 Å². The highest BCUT2D eigenvalue weighted by Crippen LogP contribution is 2.24. The van der Waals surface area contributed by atoms with Crippen LogP contribution in [0.5, 0.6) is 5.75 Å². The molecular formula is C18H24N2O. The number of aromatic nitrogens is 1. The second kappa shape index (κ2) is 7.79. The topological polar surface area (TPSA) is 34.1 Å². The average Bonchev–Trinajstić information content (AvgIpc) is 2.51. The van der Waals surface area contributed by atoms with E-state index in [1.807, 2.05) is 24.4 Å². The molecule has 1 atom stereocenters. The van der Waals surface area contributed by atoms with E-state index in [4.69, 9.17) is 4.74 Å². The summed E-state index contributed by atoms with van der Waals surface area (Å²) in [5.41, 5.74) is 3.54. The van der Waals surface area contributed by atoms with Gasteiger partial charge in [0.05, 0.1) is 18.8 Å². The second-order valence-electron chi connectivity index (χ2n) is 5.28. The van der Waals surface area contributed by atoms with Gasteiger partial charge in [0.2, 0.25) is 0 Å². The number of ether oxygens (including phenoxy) is 1. The van der Waals surface area contributed by atoms with E-state index < -0.39 is 0 Å². The van der Waals surface area contributed by atoms with Crippen molar-refractivity contribution in [3.05, 3.63) is 59.4 Å². The molecule has 0 aliphatic heterocycles. The minimum Gasteiger partial charge on any atom is -0.496 e. The number of methoxy groups -OCH3 is 1. The Labute approximate surface area is 127 Å². The molecule has 2 aromatic rings. The number of hydrogen-bond donors (Lipinski definition) is 1. The zero-order valence-electron chi connectivity index (χ0n) is 13.1. The van der Waals surface area contributed by atoms with Gasteiger partial charge in [-0.25, -0.2) is 0 Å². The monoisotopic (exact) mass is 284 g/mol. The molecule has 21 heavy (non-hydrogen) atoms. The molecule has 0 aliphatic carbocycles. The molecule has 1 N–H and O–H groups in total. The van der Waals surface area contributed by atoms with Gasteiger partial charge in [0, 0.05) is 6.20 Å². The third-order valence-corrected chi connectivity index (χ3v) is 3.55. The lowest BCUT2D eigenvalue weighted by molar-refractivity contribution is 0.404. The molecule has 1 aromatic carbocycles. The van der Waals surface area contributed by atoms with Gasteiger partial charge in [-0.3, -0.25) is 4.98 Å². The number of rotatable bonds is 7. The molecule has 0 saturated carbocycles. The summed E-state index contributed by atoms with van der Waals surface area (Å²) >= 11 is 0. The van der Waals surface area contributed by atoms with Gasteiger partial charge < -0.3 is 10.1 Å². The van der Waals surface area contributed by atoms with E-state index in [9.17, 15) is 0 Å². The van der Waals surface area contributed by atoms with E-state index in [0.29, 0.717) is 0 Å². The minimum absolute atomic E-state index is 0.209. The molecule has 0 fully saturated rings. The summed E-state index contributed by atoms with van der Waals surface area (Å²) in [6.45, 7) is 5.26. The number of pyridine rings is 1. The zero-order chi connectivity index (χ0) is 15.1. The van der Waals surface area contributed by atoms with E-state index in [1.54, 1.807) is 7.11 Å². The summed E-state index contributed by atoms with van der Waals surface area (Å²) in [7, 11) is 1.72. The second-order valence-corrected chi connectivity index (χ2v) is 5.28. The molecule has 3 nitrogen and oxygen atoms in total. The lowest BCUT2D eigenvalue weighted by atomic mass is 10.0. The quantitative estimate of drug-likeness (QED) is 0.842. The summed E-state index contributed by atoms with van der Waals surface area (Å²) in [6, 6.07) is 12.6. The van der Waals surface area contributed by atoms with Crippen molar-refractivity contribution in [2.75, 3.05) is 13.7 Å². The predicted octanol–water partition coefficient (Wildman–Crippen LogP) is 3.68. The maximum absolute atomic E-state index is 5.46. The van der Waals surface area contributed by atoms with Crippen molar-refractivity contribution in [2.45, 2.75) is 32.7 Å². The summed E-state index contributed by atoms with van der Waals surface area (Å²) in [6.07, 6.45) is 3.86. The summed E-state index contributed by atoms with van der Waals surface area (Å²) in [5.74, 6) is 0.938. The highest BCUT2D eigenvalue weighted by molar-refractivity contribution is 5.34. The van der Waals surface area contributed by atoms with Gasteiger partial charge in [-0.2, -0.15) is 0 Å². The fourth-order valence-corrected chi connectivity index (χ4v) is 2.44. The highest BCUT2D eigenvalue weighted by atomic mass is 16.5. The summed E-state index contributed by atoms with van der Waals surface area (Å²) in [4.78, 5) is 4.54. The first-order chi connectivity index (χ1) is 10.2. The first-order valence-corrected chi connectivity index (χ1v) is 7.52. The Morgan fingerprint density at radius 1 is 1.24 bits per heavy atom. The first kappa shape index (κ1) is 15.5. The Hall–Kier alpha value is -1.87. The lowest BCUT2D eigenvalue weighted by Crippen LogP contribution is -2.25. The van der Waals surface area contributed by atoms with Crippen molar-refractivity contribution in [3.63, 3.8) is 0 Å². The average molecular weight is 284 g/mol. The number of aryl methyl sites for hydroxylation is 1. The fraction of sp³-hybridized carbons (Fsp3) is 0.389. The number of para-hydroxylation sites is 1. The molecule has 0 amide bonds. The van der Waals surface area contributed by atoms with Crippen LogP contribution < -0.4 is 10.1 Å². The van der Waals surface area contributed by atoms with Crippen molar-refractivity contribution in [3.8, 4) is 5.75 Å². The molecule has 1 unspecified atom stereocenters. The Morgan fingerprint density at radius 2 is 2.05 bits per heavy atom. The van der Waals surface area contributed by atoms with E-state index in [-0.39, 0.29) is 6.04 Å². The van der Waals surface area contributed by atoms with Crippen LogP contribution >= 0.6 is 0 Å². The van der Waals surface area contributed by atoms with Crippen molar-refractivity contribution >= 4 is 0 Å². The van der Waals surface area contributed by atoms with Crippen LogP contribution in [0.2, 0.25) is 0 Å². The smallest absolute Gasteiger partial charge is 0.122 e. The van der Waals surface area contributed by atoms with Gasteiger partial charge in [-0.05, 0) is 55.6 Å². The SMILES string of the molecule is CCCNC(Cc1ccccc1OC)c1cc(C)ccn1. The van der Waals surface area contributed by atoms with Gasteiger partial charge in [-0.15, -0.1) is 0 Å². The lowest BCUT2D eigenvalue weighted by Gasteiger charge is -2.20. The Bertz CT molecular complexity index is 569. The minimum atomic E-state index is 0.209. The molecular weight excluding hydrogens is 260 g/mol. The molecule has 3 heteroatoms. The third-order valence-electron chi connectivity index (χ3n) is 3.55. The summed E-state index contributed by atoms with van der Waals surface area (Å²) in [5, 5.41) is 3.59. The van der Waals surface area contributed by atoms with E-state index >= 15 is 0 Å². The van der Waals surface area contributed by atoms with Gasteiger partial charge in [0.1, 0.15) is 5.75 Å². The molecule has 0 radical (unpaired) electrons. The molecule has 112 valence electrons. The number of hydrogen-bond acceptors (Lipinski definition) is 3. The van der Waals surface area contributed by atoms with Gasteiger partial charge in [0.25, 0.3) is 0 Å². The van der Waals surface area contributed by atoms with Crippen LogP contribution in [0, 0.1) is 6.92 Å². The standard InChI is InChI=1S/C18H24N2O/c1-4-10-19-17(16-12-14(2)9-11-20-16)13-15-7-5-6-8-18(15)21-3/h5-9,11-12,17,19H,4,10,13H2,1-3H3. The van der Waals surface area contributed by atoms with Crippen LogP contribution in [0.4, 0.5) is 0 Å². The van der Waals surface area contributed by atoms with Crippen LogP contribution in [0.1, 0.15) is 36.2 Å². The maximum atomic E-state index is 5.46. The van der Waals surface area contributed by atoms with Crippen LogP contribution in [0.3, 0.4) is 0 Å². The van der Waals surface area contributed by atoms with E-state index in [2.05, 4.69) is 42.3 Å². The van der Waals surface area contributed by atoms with Gasteiger partial charge in [-0.1, -0.05) is 25.1 Å². The molecule has 0 saturated heterocycles.